The summed E-state index contributed by atoms with van der Waals surface area (Å²) in [6.07, 6.45) is 0. The van der Waals surface area contributed by atoms with Crippen molar-refractivity contribution in [1.82, 2.24) is 4.57 Å². The number of carboxylic acids is 1. The molecule has 0 bridgehead atoms. The SMILES string of the molecule is Cc1ccc(-c2cc(Cl)ccc2OCc2c(F)cccc2F)n1-c1ccc(F)c(C(=O)O)c1. The van der Waals surface area contributed by atoms with Gasteiger partial charge in [-0.05, 0) is 67.6 Å². The highest BCUT2D eigenvalue weighted by Gasteiger charge is 2.18. The first-order valence-corrected chi connectivity index (χ1v) is 10.2. The number of hydrogen-bond acceptors (Lipinski definition) is 2. The molecule has 0 aliphatic heterocycles. The Morgan fingerprint density at radius 2 is 1.70 bits per heavy atom. The Morgan fingerprint density at radius 1 is 0.970 bits per heavy atom. The number of hydrogen-bond donors (Lipinski definition) is 1. The smallest absolute Gasteiger partial charge is 0.338 e. The number of aromatic carboxylic acids is 1. The normalized spacial score (nSPS) is 10.9. The van der Waals surface area contributed by atoms with Crippen LogP contribution in [0.3, 0.4) is 0 Å². The van der Waals surface area contributed by atoms with Crippen LogP contribution in [0.1, 0.15) is 21.6 Å². The van der Waals surface area contributed by atoms with E-state index in [9.17, 15) is 23.1 Å². The van der Waals surface area contributed by atoms with Crippen molar-refractivity contribution in [3.8, 4) is 22.7 Å². The summed E-state index contributed by atoms with van der Waals surface area (Å²) < 4.78 is 49.5. The largest absolute Gasteiger partial charge is 0.488 e. The van der Waals surface area contributed by atoms with E-state index in [0.29, 0.717) is 27.7 Å². The Hall–Kier alpha value is -3.71. The minimum Gasteiger partial charge on any atom is -0.488 e. The van der Waals surface area contributed by atoms with E-state index in [0.717, 1.165) is 23.9 Å². The topological polar surface area (TPSA) is 51.5 Å². The van der Waals surface area contributed by atoms with Crippen LogP contribution in [-0.4, -0.2) is 15.6 Å². The van der Waals surface area contributed by atoms with E-state index in [2.05, 4.69) is 0 Å². The summed E-state index contributed by atoms with van der Waals surface area (Å²) in [5.74, 6) is -3.38. The van der Waals surface area contributed by atoms with Gasteiger partial charge in [0.2, 0.25) is 0 Å². The van der Waals surface area contributed by atoms with Crippen molar-refractivity contribution in [2.24, 2.45) is 0 Å². The molecule has 8 heteroatoms. The average molecular weight is 472 g/mol. The van der Waals surface area contributed by atoms with Gasteiger partial charge in [-0.25, -0.2) is 18.0 Å². The van der Waals surface area contributed by atoms with E-state index >= 15 is 0 Å². The molecule has 1 heterocycles. The van der Waals surface area contributed by atoms with Crippen LogP contribution in [0.25, 0.3) is 16.9 Å². The second-order valence-electron chi connectivity index (χ2n) is 7.29. The molecule has 3 aromatic carbocycles. The lowest BCUT2D eigenvalue weighted by atomic mass is 10.1. The molecule has 0 atom stereocenters. The minimum absolute atomic E-state index is 0.213. The zero-order valence-electron chi connectivity index (χ0n) is 17.3. The second kappa shape index (κ2) is 9.03. The quantitative estimate of drug-likeness (QED) is 0.336. The number of ether oxygens (including phenoxy) is 1. The van der Waals surface area contributed by atoms with Gasteiger partial charge in [-0.15, -0.1) is 0 Å². The molecule has 4 nitrogen and oxygen atoms in total. The maximum Gasteiger partial charge on any atom is 0.338 e. The van der Waals surface area contributed by atoms with E-state index < -0.39 is 29.0 Å². The lowest BCUT2D eigenvalue weighted by Crippen LogP contribution is -2.06. The molecule has 0 amide bonds. The van der Waals surface area contributed by atoms with Crippen molar-refractivity contribution in [3.63, 3.8) is 0 Å². The van der Waals surface area contributed by atoms with Crippen LogP contribution < -0.4 is 4.74 Å². The third kappa shape index (κ3) is 4.45. The number of halogens is 4. The summed E-state index contributed by atoms with van der Waals surface area (Å²) in [6, 6.07) is 15.7. The third-order valence-corrected chi connectivity index (χ3v) is 5.40. The summed E-state index contributed by atoms with van der Waals surface area (Å²) in [6.45, 7) is 1.44. The van der Waals surface area contributed by atoms with Crippen molar-refractivity contribution >= 4 is 17.6 Å². The number of aromatic nitrogens is 1. The predicted octanol–water partition coefficient (Wildman–Crippen LogP) is 6.80. The molecule has 168 valence electrons. The molecule has 0 saturated carbocycles. The van der Waals surface area contributed by atoms with Gasteiger partial charge in [0, 0.05) is 22.0 Å². The number of nitrogens with zero attached hydrogens (tertiary/aromatic N) is 1. The van der Waals surface area contributed by atoms with Gasteiger partial charge in [0.1, 0.15) is 29.8 Å². The fourth-order valence-corrected chi connectivity index (χ4v) is 3.73. The highest BCUT2D eigenvalue weighted by atomic mass is 35.5. The van der Waals surface area contributed by atoms with Crippen molar-refractivity contribution in [3.05, 3.63) is 106 Å². The van der Waals surface area contributed by atoms with E-state index in [-0.39, 0.29) is 12.2 Å². The highest BCUT2D eigenvalue weighted by molar-refractivity contribution is 6.31. The van der Waals surface area contributed by atoms with Crippen molar-refractivity contribution in [2.75, 3.05) is 0 Å². The fraction of sp³-hybridized carbons (Fsp3) is 0.0800. The van der Waals surface area contributed by atoms with E-state index in [1.807, 2.05) is 0 Å². The van der Waals surface area contributed by atoms with Gasteiger partial charge in [-0.2, -0.15) is 0 Å². The van der Waals surface area contributed by atoms with Gasteiger partial charge in [0.25, 0.3) is 0 Å². The molecule has 0 aliphatic rings. The standard InChI is InChI=1S/C25H17ClF3NO3/c1-14-5-9-23(30(14)16-7-8-22(29)17(12-16)25(31)32)18-11-15(26)6-10-24(18)33-13-19-20(27)3-2-4-21(19)28/h2-12H,13H2,1H3,(H,31,32). The monoisotopic (exact) mass is 471 g/mol. The lowest BCUT2D eigenvalue weighted by Gasteiger charge is -2.17. The van der Waals surface area contributed by atoms with Crippen molar-refractivity contribution < 1.29 is 27.8 Å². The maximum atomic E-state index is 14.0. The molecule has 4 rings (SSSR count). The molecule has 0 spiro atoms. The van der Waals surface area contributed by atoms with Crippen molar-refractivity contribution in [1.29, 1.82) is 0 Å². The molecule has 0 radical (unpaired) electrons. The Labute approximate surface area is 192 Å². The number of benzene rings is 3. The molecule has 1 aromatic heterocycles. The number of carbonyl (C=O) groups is 1. The van der Waals surface area contributed by atoms with E-state index in [1.165, 1.54) is 18.2 Å². The van der Waals surface area contributed by atoms with Gasteiger partial charge < -0.3 is 14.4 Å². The first-order chi connectivity index (χ1) is 15.8. The Kier molecular flexibility index (Phi) is 6.16. The van der Waals surface area contributed by atoms with Gasteiger partial charge in [-0.3, -0.25) is 0 Å². The fourth-order valence-electron chi connectivity index (χ4n) is 3.56. The number of carboxylic acid groups (broad SMARTS) is 1. The Bertz CT molecular complexity index is 1350. The van der Waals surface area contributed by atoms with E-state index in [4.69, 9.17) is 16.3 Å². The summed E-state index contributed by atoms with van der Waals surface area (Å²) in [7, 11) is 0. The van der Waals surface area contributed by atoms with Crippen LogP contribution in [-0.2, 0) is 6.61 Å². The molecule has 0 aliphatic carbocycles. The van der Waals surface area contributed by atoms with Crippen LogP contribution in [0.4, 0.5) is 13.2 Å². The second-order valence-corrected chi connectivity index (χ2v) is 7.73. The van der Waals surface area contributed by atoms with Crippen LogP contribution in [0.2, 0.25) is 5.02 Å². The van der Waals surface area contributed by atoms with Crippen LogP contribution in [0.5, 0.6) is 5.75 Å². The van der Waals surface area contributed by atoms with Gasteiger partial charge in [0.15, 0.2) is 0 Å². The Morgan fingerprint density at radius 3 is 2.39 bits per heavy atom. The first-order valence-electron chi connectivity index (χ1n) is 9.83. The van der Waals surface area contributed by atoms with Gasteiger partial charge in [0.05, 0.1) is 16.8 Å². The predicted molar refractivity (Wildman–Crippen MR) is 119 cm³/mol. The average Bonchev–Trinajstić information content (AvgIpc) is 3.15. The molecular weight excluding hydrogens is 455 g/mol. The zero-order chi connectivity index (χ0) is 23.7. The van der Waals surface area contributed by atoms with Crippen LogP contribution in [0.15, 0.2) is 66.7 Å². The third-order valence-electron chi connectivity index (χ3n) is 5.17. The molecular formula is C25H17ClF3NO3. The molecule has 4 aromatic rings. The maximum absolute atomic E-state index is 14.0. The van der Waals surface area contributed by atoms with Gasteiger partial charge in [-0.1, -0.05) is 17.7 Å². The van der Waals surface area contributed by atoms with Crippen LogP contribution in [0, 0.1) is 24.4 Å². The molecule has 1 N–H and O–H groups in total. The molecule has 0 unspecified atom stereocenters. The summed E-state index contributed by atoms with van der Waals surface area (Å²) in [4.78, 5) is 11.4. The van der Waals surface area contributed by atoms with Crippen LogP contribution >= 0.6 is 11.6 Å². The summed E-state index contributed by atoms with van der Waals surface area (Å²) in [5.41, 5.74) is 1.55. The van der Waals surface area contributed by atoms with E-state index in [1.54, 1.807) is 41.8 Å². The van der Waals surface area contributed by atoms with Crippen molar-refractivity contribution in [2.45, 2.75) is 13.5 Å². The summed E-state index contributed by atoms with van der Waals surface area (Å²) in [5, 5.41) is 9.69. The lowest BCUT2D eigenvalue weighted by molar-refractivity contribution is 0.0692. The highest BCUT2D eigenvalue weighted by Crippen LogP contribution is 2.36. The Balaban J connectivity index is 1.79. The minimum atomic E-state index is -1.39. The van der Waals surface area contributed by atoms with Gasteiger partial charge >= 0.3 is 5.97 Å². The number of aryl methyl sites for hydroxylation is 1. The molecule has 0 fully saturated rings. The molecule has 0 saturated heterocycles. The molecule has 33 heavy (non-hydrogen) atoms. The first kappa shape index (κ1) is 22.5. The number of rotatable bonds is 6. The summed E-state index contributed by atoms with van der Waals surface area (Å²) >= 11 is 6.21. The zero-order valence-corrected chi connectivity index (χ0v) is 18.0.